The van der Waals surface area contributed by atoms with Crippen LogP contribution in [0.1, 0.15) is 21.5 Å². The fraction of sp³-hybridized carbons (Fsp3) is 0.167. The Morgan fingerprint density at radius 1 is 1.23 bits per heavy atom. The first-order valence-electron chi connectivity index (χ1n) is 7.28. The lowest BCUT2D eigenvalue weighted by atomic mass is 10.1. The van der Waals surface area contributed by atoms with Crippen LogP contribution < -0.4 is 5.32 Å². The standard InChI is InChI=1S/C18H18N2O2/c1-12-6-7-15(17(21)10-12)18(22)19-9-8-13-11-20-16-5-3-2-4-14(13)16/h2-7,10-11,20-21H,8-9H2,1H3,(H,19,22). The van der Waals surface area contributed by atoms with Crippen molar-refractivity contribution in [3.63, 3.8) is 0 Å². The minimum atomic E-state index is -0.252. The molecule has 1 amide bonds. The number of aryl methyl sites for hydroxylation is 1. The average molecular weight is 294 g/mol. The topological polar surface area (TPSA) is 65.1 Å². The smallest absolute Gasteiger partial charge is 0.255 e. The number of hydrogen-bond acceptors (Lipinski definition) is 2. The van der Waals surface area contributed by atoms with Crippen LogP contribution in [0.25, 0.3) is 10.9 Å². The number of rotatable bonds is 4. The van der Waals surface area contributed by atoms with E-state index in [0.29, 0.717) is 12.1 Å². The number of benzene rings is 2. The van der Waals surface area contributed by atoms with Crippen LogP contribution in [0.15, 0.2) is 48.7 Å². The van der Waals surface area contributed by atoms with Crippen LogP contribution in [-0.2, 0) is 6.42 Å². The molecule has 0 fully saturated rings. The number of amides is 1. The van der Waals surface area contributed by atoms with Crippen molar-refractivity contribution >= 4 is 16.8 Å². The van der Waals surface area contributed by atoms with Gasteiger partial charge in [0, 0.05) is 23.6 Å². The molecule has 1 aromatic heterocycles. The third-order valence-corrected chi connectivity index (χ3v) is 3.75. The number of fused-ring (bicyclic) bond motifs is 1. The van der Waals surface area contributed by atoms with Gasteiger partial charge >= 0.3 is 0 Å². The Labute approximate surface area is 128 Å². The molecule has 3 rings (SSSR count). The molecule has 0 aliphatic carbocycles. The minimum absolute atomic E-state index is 0.0181. The number of H-pyrrole nitrogens is 1. The molecule has 112 valence electrons. The van der Waals surface area contributed by atoms with Crippen molar-refractivity contribution in [2.45, 2.75) is 13.3 Å². The van der Waals surface area contributed by atoms with E-state index >= 15 is 0 Å². The molecule has 1 heterocycles. The van der Waals surface area contributed by atoms with Gasteiger partial charge in [0.1, 0.15) is 5.75 Å². The van der Waals surface area contributed by atoms with E-state index in [2.05, 4.69) is 16.4 Å². The number of aromatic nitrogens is 1. The van der Waals surface area contributed by atoms with Gasteiger partial charge in [-0.15, -0.1) is 0 Å². The van der Waals surface area contributed by atoms with Crippen LogP contribution in [-0.4, -0.2) is 22.5 Å². The number of hydrogen-bond donors (Lipinski definition) is 3. The molecule has 0 saturated heterocycles. The van der Waals surface area contributed by atoms with Crippen LogP contribution >= 0.6 is 0 Å². The van der Waals surface area contributed by atoms with Gasteiger partial charge in [-0.1, -0.05) is 24.3 Å². The lowest BCUT2D eigenvalue weighted by Crippen LogP contribution is -2.25. The summed E-state index contributed by atoms with van der Waals surface area (Å²) in [5, 5.41) is 13.8. The SMILES string of the molecule is Cc1ccc(C(=O)NCCc2c[nH]c3ccccc23)c(O)c1. The predicted octanol–water partition coefficient (Wildman–Crippen LogP) is 3.15. The highest BCUT2D eigenvalue weighted by molar-refractivity contribution is 5.96. The summed E-state index contributed by atoms with van der Waals surface area (Å²) in [4.78, 5) is 15.3. The van der Waals surface area contributed by atoms with Gasteiger partial charge in [-0.3, -0.25) is 4.79 Å². The molecule has 0 radical (unpaired) electrons. The largest absolute Gasteiger partial charge is 0.507 e. The van der Waals surface area contributed by atoms with Gasteiger partial charge in [0.05, 0.1) is 5.56 Å². The number of phenolic OH excluding ortho intramolecular Hbond substituents is 1. The highest BCUT2D eigenvalue weighted by Crippen LogP contribution is 2.19. The predicted molar refractivity (Wildman–Crippen MR) is 87.2 cm³/mol. The summed E-state index contributed by atoms with van der Waals surface area (Å²) in [7, 11) is 0. The lowest BCUT2D eigenvalue weighted by molar-refractivity contribution is 0.0951. The number of carbonyl (C=O) groups is 1. The third kappa shape index (κ3) is 2.81. The Hall–Kier alpha value is -2.75. The van der Waals surface area contributed by atoms with Gasteiger partial charge in [-0.2, -0.15) is 0 Å². The van der Waals surface area contributed by atoms with E-state index in [1.807, 2.05) is 37.4 Å². The molecule has 4 heteroatoms. The van der Waals surface area contributed by atoms with Crippen LogP contribution in [0.4, 0.5) is 0 Å². The van der Waals surface area contributed by atoms with E-state index in [1.54, 1.807) is 12.1 Å². The summed E-state index contributed by atoms with van der Waals surface area (Å²) in [6.07, 6.45) is 2.71. The Morgan fingerprint density at radius 2 is 2.05 bits per heavy atom. The maximum atomic E-state index is 12.1. The van der Waals surface area contributed by atoms with E-state index in [1.165, 1.54) is 10.9 Å². The fourth-order valence-corrected chi connectivity index (χ4v) is 2.58. The second-order valence-corrected chi connectivity index (χ2v) is 5.39. The van der Waals surface area contributed by atoms with Crippen molar-refractivity contribution in [2.24, 2.45) is 0 Å². The van der Waals surface area contributed by atoms with Crippen LogP contribution in [0.3, 0.4) is 0 Å². The van der Waals surface area contributed by atoms with Crippen molar-refractivity contribution in [3.8, 4) is 5.75 Å². The monoisotopic (exact) mass is 294 g/mol. The Bertz CT molecular complexity index is 821. The van der Waals surface area contributed by atoms with Crippen molar-refractivity contribution < 1.29 is 9.90 Å². The normalized spacial score (nSPS) is 10.8. The number of aromatic amines is 1. The first kappa shape index (κ1) is 14.2. The Morgan fingerprint density at radius 3 is 2.86 bits per heavy atom. The molecule has 0 aliphatic heterocycles. The van der Waals surface area contributed by atoms with E-state index < -0.39 is 0 Å². The van der Waals surface area contributed by atoms with Crippen LogP contribution in [0, 0.1) is 6.92 Å². The first-order chi connectivity index (χ1) is 10.6. The highest BCUT2D eigenvalue weighted by Gasteiger charge is 2.11. The second-order valence-electron chi connectivity index (χ2n) is 5.39. The zero-order valence-corrected chi connectivity index (χ0v) is 12.4. The summed E-state index contributed by atoms with van der Waals surface area (Å²) < 4.78 is 0. The number of nitrogens with one attached hydrogen (secondary N) is 2. The molecule has 22 heavy (non-hydrogen) atoms. The van der Waals surface area contributed by atoms with Crippen molar-refractivity contribution in [3.05, 3.63) is 65.4 Å². The number of phenols is 1. The molecule has 4 nitrogen and oxygen atoms in total. The molecule has 0 atom stereocenters. The van der Waals surface area contributed by atoms with E-state index in [-0.39, 0.29) is 11.7 Å². The van der Waals surface area contributed by atoms with E-state index in [4.69, 9.17) is 0 Å². The zero-order chi connectivity index (χ0) is 15.5. The second kappa shape index (κ2) is 5.93. The van der Waals surface area contributed by atoms with Gasteiger partial charge < -0.3 is 15.4 Å². The van der Waals surface area contributed by atoms with Gasteiger partial charge in [-0.25, -0.2) is 0 Å². The molecule has 3 N–H and O–H groups in total. The van der Waals surface area contributed by atoms with Crippen molar-refractivity contribution in [1.29, 1.82) is 0 Å². The number of carbonyl (C=O) groups excluding carboxylic acids is 1. The summed E-state index contributed by atoms with van der Waals surface area (Å²) >= 11 is 0. The first-order valence-corrected chi connectivity index (χ1v) is 7.28. The van der Waals surface area contributed by atoms with Crippen LogP contribution in [0.2, 0.25) is 0 Å². The fourth-order valence-electron chi connectivity index (χ4n) is 2.58. The maximum absolute atomic E-state index is 12.1. The van der Waals surface area contributed by atoms with E-state index in [9.17, 15) is 9.90 Å². The highest BCUT2D eigenvalue weighted by atomic mass is 16.3. The van der Waals surface area contributed by atoms with Crippen molar-refractivity contribution in [1.82, 2.24) is 10.3 Å². The quantitative estimate of drug-likeness (QED) is 0.692. The minimum Gasteiger partial charge on any atom is -0.507 e. The molecule has 0 aliphatic rings. The molecule has 3 aromatic rings. The molecule has 0 bridgehead atoms. The van der Waals surface area contributed by atoms with Gasteiger partial charge in [0.15, 0.2) is 0 Å². The van der Waals surface area contributed by atoms with Crippen molar-refractivity contribution in [2.75, 3.05) is 6.54 Å². The zero-order valence-electron chi connectivity index (χ0n) is 12.4. The summed E-state index contributed by atoms with van der Waals surface area (Å²) in [6, 6.07) is 13.1. The summed E-state index contributed by atoms with van der Waals surface area (Å²) in [6.45, 7) is 2.40. The summed E-state index contributed by atoms with van der Waals surface area (Å²) in [5.41, 5.74) is 3.50. The molecular formula is C18H18N2O2. The third-order valence-electron chi connectivity index (χ3n) is 3.75. The Balaban J connectivity index is 1.64. The van der Waals surface area contributed by atoms with Crippen LogP contribution in [0.5, 0.6) is 5.75 Å². The van der Waals surface area contributed by atoms with E-state index in [0.717, 1.165) is 17.5 Å². The molecular weight excluding hydrogens is 276 g/mol. The molecule has 2 aromatic carbocycles. The maximum Gasteiger partial charge on any atom is 0.255 e. The Kier molecular flexibility index (Phi) is 3.83. The molecule has 0 saturated carbocycles. The molecule has 0 unspecified atom stereocenters. The number of para-hydroxylation sites is 1. The number of aromatic hydroxyl groups is 1. The average Bonchev–Trinajstić information content (AvgIpc) is 2.90. The van der Waals surface area contributed by atoms with Gasteiger partial charge in [0.2, 0.25) is 0 Å². The molecule has 0 spiro atoms. The van der Waals surface area contributed by atoms with Gasteiger partial charge in [-0.05, 0) is 42.7 Å². The lowest BCUT2D eigenvalue weighted by Gasteiger charge is -2.07. The van der Waals surface area contributed by atoms with Gasteiger partial charge in [0.25, 0.3) is 5.91 Å². The summed E-state index contributed by atoms with van der Waals surface area (Å²) in [5.74, 6) is -0.234.